The Labute approximate surface area is 222 Å². The van der Waals surface area contributed by atoms with Gasteiger partial charge in [-0.3, -0.25) is 0 Å². The Morgan fingerprint density at radius 1 is 0.429 bits per heavy atom. The third-order valence-corrected chi connectivity index (χ3v) is 17.1. The molecule has 0 bridgehead atoms. The van der Waals surface area contributed by atoms with E-state index >= 15 is 0 Å². The Hall–Kier alpha value is 0.340. The molecule has 3 nitrogen and oxygen atoms in total. The maximum absolute atomic E-state index is 13.6. The summed E-state index contributed by atoms with van der Waals surface area (Å²) in [5.74, 6) is 0.221. The van der Waals surface area contributed by atoms with Crippen LogP contribution in [0.15, 0.2) is 0 Å². The van der Waals surface area contributed by atoms with E-state index in [9.17, 15) is 8.42 Å². The van der Waals surface area contributed by atoms with Crippen molar-refractivity contribution in [3.63, 3.8) is 0 Å². The minimum atomic E-state index is -3.49. The predicted octanol–water partition coefficient (Wildman–Crippen LogP) is 10.7. The Bertz CT molecular complexity index is 517. The Balaban J connectivity index is 6.07. The molecule has 0 amide bonds. The molecule has 5 heteroatoms. The van der Waals surface area contributed by atoms with Crippen molar-refractivity contribution in [3.05, 3.63) is 0 Å². The molecule has 0 aromatic carbocycles. The van der Waals surface area contributed by atoms with Crippen LogP contribution in [-0.4, -0.2) is 38.8 Å². The molecular formula is C30H65O3PS. The molecule has 0 aromatic rings. The van der Waals surface area contributed by atoms with Crippen molar-refractivity contribution in [2.24, 2.45) is 0 Å². The average Bonchev–Trinajstić information content (AvgIpc) is 2.83. The fraction of sp³-hybridized carbons (Fsp3) is 1.00. The van der Waals surface area contributed by atoms with Gasteiger partial charge in [0, 0.05) is 0 Å². The normalized spacial score (nSPS) is 13.7. The maximum atomic E-state index is 13.6. The van der Waals surface area contributed by atoms with Crippen LogP contribution in [0.3, 0.4) is 0 Å². The third-order valence-electron chi connectivity index (χ3n) is 7.88. The summed E-state index contributed by atoms with van der Waals surface area (Å²) in [6.07, 6.45) is 27.5. The number of hydrogen-bond donors (Lipinski definition) is 0. The Kier molecular flexibility index (Phi) is 21.5. The van der Waals surface area contributed by atoms with Gasteiger partial charge in [0.1, 0.15) is 0 Å². The molecule has 0 aliphatic rings. The van der Waals surface area contributed by atoms with Crippen LogP contribution >= 0.6 is 6.83 Å². The molecule has 0 saturated carbocycles. The summed E-state index contributed by atoms with van der Waals surface area (Å²) < 4.78 is 34.0. The fourth-order valence-electron chi connectivity index (χ4n) is 5.64. The van der Waals surface area contributed by atoms with Crippen molar-refractivity contribution >= 4 is 16.9 Å². The van der Waals surface area contributed by atoms with E-state index in [0.717, 1.165) is 76.0 Å². The molecule has 0 atom stereocenters. The van der Waals surface area contributed by atoms with Crippen LogP contribution in [-0.2, 0) is 14.1 Å². The molecule has 0 unspecified atom stereocenters. The van der Waals surface area contributed by atoms with Gasteiger partial charge in [-0.15, -0.1) is 0 Å². The first kappa shape index (κ1) is 35.3. The molecule has 214 valence electrons. The van der Waals surface area contributed by atoms with E-state index in [2.05, 4.69) is 34.6 Å². The van der Waals surface area contributed by atoms with Crippen molar-refractivity contribution in [2.75, 3.05) is 30.4 Å². The number of rotatable bonds is 27. The van der Waals surface area contributed by atoms with Crippen LogP contribution < -0.4 is 0 Å². The predicted molar refractivity (Wildman–Crippen MR) is 162 cm³/mol. The van der Waals surface area contributed by atoms with Crippen molar-refractivity contribution < 1.29 is 12.4 Å². The second kappa shape index (κ2) is 21.3. The topological polar surface area (TPSA) is 43.4 Å². The molecule has 0 saturated heterocycles. The minimum absolute atomic E-state index is 0.221. The zero-order valence-electron chi connectivity index (χ0n) is 24.8. The Morgan fingerprint density at radius 3 is 1.00 bits per heavy atom. The fourth-order valence-corrected chi connectivity index (χ4v) is 15.7. The zero-order valence-corrected chi connectivity index (χ0v) is 26.5. The van der Waals surface area contributed by atoms with Gasteiger partial charge in [0.05, 0.1) is 0 Å². The summed E-state index contributed by atoms with van der Waals surface area (Å²) in [7, 11) is -3.49. The number of hydrogen-bond acceptors (Lipinski definition) is 3. The van der Waals surface area contributed by atoms with Crippen LogP contribution in [0.25, 0.3) is 0 Å². The summed E-state index contributed by atoms with van der Waals surface area (Å²) in [6, 6.07) is 0. The first-order chi connectivity index (χ1) is 16.8. The number of unbranched alkanes of at least 4 members (excludes halogenated alkanes) is 15. The van der Waals surface area contributed by atoms with E-state index in [1.54, 1.807) is 0 Å². The van der Waals surface area contributed by atoms with Crippen molar-refractivity contribution in [3.8, 4) is 0 Å². The standard InChI is InChI=1S/C30H65O3PS/c1-6-11-16-21-26-34(27-22-17-12-7-2,28-23-18-13-8-3,29-24-19-14-9-4)33-35(31,32)30-25-20-15-10-5/h6-30H2,1-5H3. The molecule has 0 fully saturated rings. The van der Waals surface area contributed by atoms with Crippen molar-refractivity contribution in [1.82, 2.24) is 0 Å². The summed E-state index contributed by atoms with van der Waals surface area (Å²) >= 11 is 0. The molecular weight excluding hydrogens is 471 g/mol. The van der Waals surface area contributed by atoms with Gasteiger partial charge >= 0.3 is 223 Å². The van der Waals surface area contributed by atoms with E-state index in [1.807, 2.05) is 0 Å². The second-order valence-corrected chi connectivity index (χ2v) is 19.0. The summed E-state index contributed by atoms with van der Waals surface area (Å²) in [6.45, 7) is 8.38. The van der Waals surface area contributed by atoms with Gasteiger partial charge < -0.3 is 0 Å². The molecule has 35 heavy (non-hydrogen) atoms. The first-order valence-electron chi connectivity index (χ1n) is 15.8. The molecule has 0 N–H and O–H groups in total. The SMILES string of the molecule is CCCCCCS(=O)(=O)OP(CCCCCC)(CCCCCC)(CCCCCC)CCCCCC. The molecule has 0 aliphatic carbocycles. The van der Waals surface area contributed by atoms with Crippen molar-refractivity contribution in [1.29, 1.82) is 0 Å². The molecule has 0 rings (SSSR count). The van der Waals surface area contributed by atoms with Crippen LogP contribution in [0, 0.1) is 0 Å². The molecule has 0 radical (unpaired) electrons. The summed E-state index contributed by atoms with van der Waals surface area (Å²) in [5, 5.41) is 0. The Morgan fingerprint density at radius 2 is 0.714 bits per heavy atom. The second-order valence-electron chi connectivity index (χ2n) is 11.4. The van der Waals surface area contributed by atoms with Crippen LogP contribution in [0.1, 0.15) is 163 Å². The van der Waals surface area contributed by atoms with Crippen LogP contribution in [0.5, 0.6) is 0 Å². The molecule has 0 spiro atoms. The van der Waals surface area contributed by atoms with E-state index in [1.165, 1.54) is 77.0 Å². The van der Waals surface area contributed by atoms with Gasteiger partial charge in [-0.25, -0.2) is 0 Å². The van der Waals surface area contributed by atoms with E-state index in [4.69, 9.17) is 3.97 Å². The summed E-state index contributed by atoms with van der Waals surface area (Å²) in [5.41, 5.74) is 0. The molecule has 0 aromatic heterocycles. The first-order valence-corrected chi connectivity index (χ1v) is 20.2. The van der Waals surface area contributed by atoms with E-state index < -0.39 is 16.9 Å². The van der Waals surface area contributed by atoms with Gasteiger partial charge in [-0.05, 0) is 0 Å². The van der Waals surface area contributed by atoms with Gasteiger partial charge in [-0.1, -0.05) is 0 Å². The van der Waals surface area contributed by atoms with E-state index in [-0.39, 0.29) is 5.75 Å². The third kappa shape index (κ3) is 16.7. The van der Waals surface area contributed by atoms with Crippen molar-refractivity contribution in [2.45, 2.75) is 163 Å². The van der Waals surface area contributed by atoms with Crippen LogP contribution in [0.2, 0.25) is 0 Å². The van der Waals surface area contributed by atoms with E-state index in [0.29, 0.717) is 0 Å². The monoisotopic (exact) mass is 536 g/mol. The zero-order chi connectivity index (χ0) is 26.3. The van der Waals surface area contributed by atoms with Gasteiger partial charge in [-0.2, -0.15) is 0 Å². The van der Waals surface area contributed by atoms with Crippen LogP contribution in [0.4, 0.5) is 0 Å². The quantitative estimate of drug-likeness (QED) is 0.0774. The summed E-state index contributed by atoms with van der Waals surface area (Å²) in [4.78, 5) is 0. The average molecular weight is 537 g/mol. The molecule has 0 heterocycles. The van der Waals surface area contributed by atoms with Gasteiger partial charge in [0.25, 0.3) is 0 Å². The van der Waals surface area contributed by atoms with Gasteiger partial charge in [0.15, 0.2) is 0 Å². The van der Waals surface area contributed by atoms with Gasteiger partial charge in [0.2, 0.25) is 0 Å². The molecule has 0 aliphatic heterocycles.